The van der Waals surface area contributed by atoms with Crippen molar-refractivity contribution >= 4 is 82.5 Å². The normalized spacial score (nSPS) is 12.3. The zero-order valence-corrected chi connectivity index (χ0v) is 35.0. The summed E-state index contributed by atoms with van der Waals surface area (Å²) >= 11 is 0. The molecule has 1 aliphatic heterocycles. The second-order valence-electron chi connectivity index (χ2n) is 16.8. The standard InChI is InChI=1S/C59H36N6/c1-3-18-41(19-4-1)63-50-26-11-9-23-44(50)48-35-39(30-33-52(48)63)57-60-58(40-31-34-53-49(36-40)45-24-10-12-27-51(45)64(53)42-20-5-2-6-21-42)62-59(61-57)65-54-28-14-17-38-16-13-25-46(55(38)54)47-32-29-37-15-7-8-22-43(37)56(47)65/h1-36H. The van der Waals surface area contributed by atoms with Gasteiger partial charge in [0, 0.05) is 60.4 Å². The van der Waals surface area contributed by atoms with E-state index in [1.807, 2.05) is 0 Å². The van der Waals surface area contributed by atoms with Gasteiger partial charge in [-0.3, -0.25) is 4.90 Å². The summed E-state index contributed by atoms with van der Waals surface area (Å²) in [6.07, 6.45) is 0. The molecule has 14 rings (SSSR count). The van der Waals surface area contributed by atoms with Crippen LogP contribution < -0.4 is 4.90 Å². The third-order valence-corrected chi connectivity index (χ3v) is 13.3. The van der Waals surface area contributed by atoms with Crippen molar-refractivity contribution in [2.75, 3.05) is 4.90 Å². The van der Waals surface area contributed by atoms with Gasteiger partial charge in [-0.1, -0.05) is 140 Å². The average Bonchev–Trinajstić information content (AvgIpc) is 3.89. The molecule has 6 heteroatoms. The topological polar surface area (TPSA) is 51.8 Å². The van der Waals surface area contributed by atoms with Crippen LogP contribution in [0.25, 0.3) is 110 Å². The zero-order valence-electron chi connectivity index (χ0n) is 35.0. The van der Waals surface area contributed by atoms with E-state index in [0.717, 1.165) is 83.1 Å². The second-order valence-corrected chi connectivity index (χ2v) is 16.8. The average molecular weight is 829 g/mol. The molecule has 13 aromatic rings. The van der Waals surface area contributed by atoms with E-state index in [1.54, 1.807) is 0 Å². The fraction of sp³-hybridized carbons (Fsp3) is 0. The largest absolute Gasteiger partial charge is 0.309 e. The first kappa shape index (κ1) is 35.7. The summed E-state index contributed by atoms with van der Waals surface area (Å²) in [6.45, 7) is 0. The van der Waals surface area contributed by atoms with E-state index in [9.17, 15) is 0 Å². The summed E-state index contributed by atoms with van der Waals surface area (Å²) in [5.41, 5.74) is 13.0. The quantitative estimate of drug-likeness (QED) is 0.173. The zero-order chi connectivity index (χ0) is 42.6. The van der Waals surface area contributed by atoms with E-state index in [0.29, 0.717) is 17.6 Å². The minimum Gasteiger partial charge on any atom is -0.309 e. The Bertz CT molecular complexity index is 3890. The highest BCUT2D eigenvalue weighted by atomic mass is 15.3. The minimum atomic E-state index is 0.559. The van der Waals surface area contributed by atoms with Crippen LogP contribution in [0.1, 0.15) is 0 Å². The number of fused-ring (bicyclic) bond motifs is 10. The van der Waals surface area contributed by atoms with Crippen LogP contribution >= 0.6 is 0 Å². The van der Waals surface area contributed by atoms with Crippen molar-refractivity contribution in [1.29, 1.82) is 0 Å². The van der Waals surface area contributed by atoms with Crippen LogP contribution in [0, 0.1) is 0 Å². The Hall–Kier alpha value is -8.87. The van der Waals surface area contributed by atoms with Gasteiger partial charge in [0.25, 0.3) is 0 Å². The molecular weight excluding hydrogens is 793 g/mol. The molecule has 0 amide bonds. The van der Waals surface area contributed by atoms with Crippen LogP contribution in [0.2, 0.25) is 0 Å². The maximum absolute atomic E-state index is 5.52. The van der Waals surface area contributed by atoms with Crippen LogP contribution in [0.4, 0.5) is 17.3 Å². The van der Waals surface area contributed by atoms with Gasteiger partial charge in [0.1, 0.15) is 0 Å². The fourth-order valence-corrected chi connectivity index (χ4v) is 10.4. The molecule has 0 bridgehead atoms. The van der Waals surface area contributed by atoms with Crippen LogP contribution in [0.3, 0.4) is 0 Å². The minimum absolute atomic E-state index is 0.559. The smallest absolute Gasteiger partial charge is 0.238 e. The molecule has 0 radical (unpaired) electrons. The van der Waals surface area contributed by atoms with Gasteiger partial charge in [-0.15, -0.1) is 0 Å². The molecule has 0 spiro atoms. The lowest BCUT2D eigenvalue weighted by Gasteiger charge is -2.33. The molecule has 4 heterocycles. The van der Waals surface area contributed by atoms with E-state index in [2.05, 4.69) is 232 Å². The van der Waals surface area contributed by atoms with E-state index in [-0.39, 0.29) is 0 Å². The Labute approximate surface area is 373 Å². The monoisotopic (exact) mass is 828 g/mol. The third kappa shape index (κ3) is 5.31. The molecule has 302 valence electrons. The van der Waals surface area contributed by atoms with Gasteiger partial charge < -0.3 is 9.13 Å². The highest BCUT2D eigenvalue weighted by Gasteiger charge is 2.30. The maximum Gasteiger partial charge on any atom is 0.238 e. The molecule has 0 saturated heterocycles. The highest BCUT2D eigenvalue weighted by molar-refractivity contribution is 6.19. The molecule has 0 aliphatic carbocycles. The van der Waals surface area contributed by atoms with Gasteiger partial charge in [0.15, 0.2) is 11.6 Å². The van der Waals surface area contributed by atoms with Crippen molar-refractivity contribution in [3.63, 3.8) is 0 Å². The Kier molecular flexibility index (Phi) is 7.59. The summed E-state index contributed by atoms with van der Waals surface area (Å²) in [6, 6.07) is 77.9. The Morgan fingerprint density at radius 2 is 0.831 bits per heavy atom. The lowest BCUT2D eigenvalue weighted by atomic mass is 9.89. The van der Waals surface area contributed by atoms with Crippen molar-refractivity contribution in [2.24, 2.45) is 0 Å². The molecule has 0 fully saturated rings. The second kappa shape index (κ2) is 13.8. The van der Waals surface area contributed by atoms with Crippen LogP contribution in [-0.2, 0) is 0 Å². The summed E-state index contributed by atoms with van der Waals surface area (Å²) in [5, 5.41) is 9.22. The van der Waals surface area contributed by atoms with Crippen LogP contribution in [0.5, 0.6) is 0 Å². The van der Waals surface area contributed by atoms with Crippen molar-refractivity contribution in [3.05, 3.63) is 218 Å². The number of rotatable bonds is 5. The van der Waals surface area contributed by atoms with Gasteiger partial charge in [0.05, 0.1) is 33.4 Å². The number of benzene rings is 10. The van der Waals surface area contributed by atoms with Gasteiger partial charge in [-0.25, -0.2) is 4.98 Å². The summed E-state index contributed by atoms with van der Waals surface area (Å²) in [5.74, 6) is 1.76. The molecule has 0 atom stereocenters. The van der Waals surface area contributed by atoms with Crippen LogP contribution in [0.15, 0.2) is 218 Å². The molecular formula is C59H36N6. The molecule has 3 aromatic heterocycles. The number of nitrogens with zero attached hydrogens (tertiary/aromatic N) is 6. The number of aromatic nitrogens is 5. The first-order valence-electron chi connectivity index (χ1n) is 22.0. The summed E-state index contributed by atoms with van der Waals surface area (Å²) in [4.78, 5) is 18.7. The third-order valence-electron chi connectivity index (χ3n) is 13.3. The maximum atomic E-state index is 5.52. The molecule has 10 aromatic carbocycles. The van der Waals surface area contributed by atoms with Gasteiger partial charge >= 0.3 is 0 Å². The molecule has 0 saturated carbocycles. The SMILES string of the molecule is c1ccc(-n2c3ccccc3c3cc(-c4nc(-c5ccc6c(c5)c5ccccc5n6-c5ccccc5)nc(N5c6c(ccc7ccccc67)-c6cccc7cccc5c67)n4)ccc32)cc1. The Morgan fingerprint density at radius 3 is 1.45 bits per heavy atom. The number of para-hydroxylation sites is 4. The molecule has 65 heavy (non-hydrogen) atoms. The Morgan fingerprint density at radius 1 is 0.323 bits per heavy atom. The Balaban J connectivity index is 1.05. The number of hydrogen-bond donors (Lipinski definition) is 0. The summed E-state index contributed by atoms with van der Waals surface area (Å²) < 4.78 is 4.68. The molecule has 6 nitrogen and oxygen atoms in total. The highest BCUT2D eigenvalue weighted by Crippen LogP contribution is 2.53. The molecule has 0 N–H and O–H groups in total. The lowest BCUT2D eigenvalue weighted by molar-refractivity contribution is 1.03. The van der Waals surface area contributed by atoms with E-state index in [4.69, 9.17) is 15.0 Å². The van der Waals surface area contributed by atoms with E-state index < -0.39 is 0 Å². The fourth-order valence-electron chi connectivity index (χ4n) is 10.4. The van der Waals surface area contributed by atoms with Crippen molar-refractivity contribution in [2.45, 2.75) is 0 Å². The van der Waals surface area contributed by atoms with Gasteiger partial charge in [-0.05, 0) is 95.2 Å². The number of anilines is 3. The van der Waals surface area contributed by atoms with E-state index in [1.165, 1.54) is 27.1 Å². The van der Waals surface area contributed by atoms with Crippen molar-refractivity contribution < 1.29 is 0 Å². The van der Waals surface area contributed by atoms with Gasteiger partial charge in [-0.2, -0.15) is 9.97 Å². The lowest BCUT2D eigenvalue weighted by Crippen LogP contribution is -2.19. The van der Waals surface area contributed by atoms with E-state index >= 15 is 0 Å². The number of hydrogen-bond acceptors (Lipinski definition) is 4. The van der Waals surface area contributed by atoms with Crippen LogP contribution in [-0.4, -0.2) is 24.1 Å². The van der Waals surface area contributed by atoms with Crippen molar-refractivity contribution in [1.82, 2.24) is 24.1 Å². The van der Waals surface area contributed by atoms with Gasteiger partial charge in [0.2, 0.25) is 5.95 Å². The molecule has 1 aliphatic rings. The van der Waals surface area contributed by atoms with Crippen molar-refractivity contribution in [3.8, 4) is 45.3 Å². The predicted octanol–water partition coefficient (Wildman–Crippen LogP) is 15.2. The first-order chi connectivity index (χ1) is 32.2. The summed E-state index contributed by atoms with van der Waals surface area (Å²) in [7, 11) is 0. The predicted molar refractivity (Wildman–Crippen MR) is 268 cm³/mol. The first-order valence-corrected chi connectivity index (χ1v) is 22.0. The molecule has 0 unspecified atom stereocenters.